The van der Waals surface area contributed by atoms with Gasteiger partial charge in [0.05, 0.1) is 5.69 Å². The molecular formula is C19H24N4. The number of nitrogens with one attached hydrogen (secondary N) is 2. The van der Waals surface area contributed by atoms with Gasteiger partial charge in [0.2, 0.25) is 0 Å². The van der Waals surface area contributed by atoms with Crippen molar-refractivity contribution in [3.05, 3.63) is 47.8 Å². The maximum Gasteiger partial charge on any atom is 0.0680 e. The van der Waals surface area contributed by atoms with Crippen molar-refractivity contribution in [3.63, 3.8) is 0 Å². The first-order valence-corrected chi connectivity index (χ1v) is 8.91. The highest BCUT2D eigenvalue weighted by Crippen LogP contribution is 2.50. The van der Waals surface area contributed by atoms with Crippen LogP contribution >= 0.6 is 0 Å². The van der Waals surface area contributed by atoms with E-state index in [1.165, 1.54) is 56.7 Å². The van der Waals surface area contributed by atoms with Crippen molar-refractivity contribution in [2.75, 3.05) is 26.2 Å². The van der Waals surface area contributed by atoms with Crippen molar-refractivity contribution in [2.45, 2.75) is 25.2 Å². The molecule has 4 nitrogen and oxygen atoms in total. The van der Waals surface area contributed by atoms with Crippen LogP contribution in [0.4, 0.5) is 0 Å². The predicted octanol–water partition coefficient (Wildman–Crippen LogP) is 2.10. The van der Waals surface area contributed by atoms with Crippen LogP contribution in [-0.2, 0) is 6.42 Å². The van der Waals surface area contributed by atoms with E-state index in [1.54, 1.807) is 5.56 Å². The summed E-state index contributed by atoms with van der Waals surface area (Å²) >= 11 is 0. The molecule has 4 heteroatoms. The number of fused-ring (bicyclic) bond motifs is 1. The van der Waals surface area contributed by atoms with Crippen molar-refractivity contribution < 1.29 is 0 Å². The lowest BCUT2D eigenvalue weighted by Gasteiger charge is -2.53. The minimum Gasteiger partial charge on any atom is -0.316 e. The Bertz CT molecular complexity index is 702. The highest BCUT2D eigenvalue weighted by atomic mass is 15.3. The number of hydrogen-bond donors (Lipinski definition) is 2. The second kappa shape index (κ2) is 5.18. The minimum absolute atomic E-state index is 0.541. The third-order valence-electron chi connectivity index (χ3n) is 6.43. The lowest BCUT2D eigenvalue weighted by Crippen LogP contribution is -2.63. The third kappa shape index (κ3) is 2.01. The van der Waals surface area contributed by atoms with Crippen LogP contribution in [-0.4, -0.2) is 36.0 Å². The minimum atomic E-state index is 0.541. The summed E-state index contributed by atoms with van der Waals surface area (Å²) in [5.41, 5.74) is 4.92. The molecule has 1 aromatic heterocycles. The van der Waals surface area contributed by atoms with E-state index in [9.17, 15) is 0 Å². The second-order valence-electron chi connectivity index (χ2n) is 7.47. The average Bonchev–Trinajstić information content (AvgIpc) is 3.22. The van der Waals surface area contributed by atoms with Crippen LogP contribution in [0.25, 0.3) is 5.69 Å². The molecule has 2 N–H and O–H groups in total. The fourth-order valence-corrected chi connectivity index (χ4v) is 5.16. The van der Waals surface area contributed by atoms with E-state index in [0.29, 0.717) is 11.3 Å². The predicted molar refractivity (Wildman–Crippen MR) is 90.9 cm³/mol. The van der Waals surface area contributed by atoms with E-state index in [4.69, 9.17) is 0 Å². The van der Waals surface area contributed by atoms with Crippen molar-refractivity contribution in [1.29, 1.82) is 0 Å². The molecule has 23 heavy (non-hydrogen) atoms. The Labute approximate surface area is 137 Å². The van der Waals surface area contributed by atoms with Crippen LogP contribution in [0.1, 0.15) is 29.9 Å². The molecule has 2 fully saturated rings. The van der Waals surface area contributed by atoms with Gasteiger partial charge in [0.15, 0.2) is 0 Å². The van der Waals surface area contributed by atoms with Gasteiger partial charge in [-0.25, -0.2) is 4.68 Å². The molecule has 0 amide bonds. The number of aromatic nitrogens is 2. The van der Waals surface area contributed by atoms with Gasteiger partial charge in [0.1, 0.15) is 0 Å². The van der Waals surface area contributed by atoms with E-state index >= 15 is 0 Å². The maximum absolute atomic E-state index is 4.45. The summed E-state index contributed by atoms with van der Waals surface area (Å²) < 4.78 is 2.03. The average molecular weight is 308 g/mol. The fourth-order valence-electron chi connectivity index (χ4n) is 5.16. The van der Waals surface area contributed by atoms with Crippen molar-refractivity contribution in [3.8, 4) is 5.69 Å². The molecule has 0 radical (unpaired) electrons. The molecule has 0 unspecified atom stereocenters. The zero-order valence-electron chi connectivity index (χ0n) is 13.5. The van der Waals surface area contributed by atoms with E-state index in [0.717, 1.165) is 5.92 Å². The molecule has 2 saturated heterocycles. The molecule has 1 aliphatic carbocycles. The van der Waals surface area contributed by atoms with E-state index in [-0.39, 0.29) is 0 Å². The monoisotopic (exact) mass is 308 g/mol. The van der Waals surface area contributed by atoms with Crippen LogP contribution < -0.4 is 10.6 Å². The molecule has 2 aliphatic heterocycles. The third-order valence-corrected chi connectivity index (χ3v) is 6.43. The summed E-state index contributed by atoms with van der Waals surface area (Å²) in [7, 11) is 0. The zero-order chi connectivity index (χ0) is 15.3. The van der Waals surface area contributed by atoms with Gasteiger partial charge >= 0.3 is 0 Å². The molecule has 120 valence electrons. The van der Waals surface area contributed by atoms with Crippen LogP contribution in [0, 0.1) is 11.3 Å². The van der Waals surface area contributed by atoms with Gasteiger partial charge in [0.25, 0.3) is 0 Å². The van der Waals surface area contributed by atoms with Crippen molar-refractivity contribution in [1.82, 2.24) is 20.4 Å². The van der Waals surface area contributed by atoms with Gasteiger partial charge in [-0.2, -0.15) is 5.10 Å². The first-order valence-electron chi connectivity index (χ1n) is 8.91. The molecule has 2 aromatic rings. The summed E-state index contributed by atoms with van der Waals surface area (Å²) in [5.74, 6) is 1.47. The van der Waals surface area contributed by atoms with E-state index in [1.807, 2.05) is 16.9 Å². The van der Waals surface area contributed by atoms with Gasteiger partial charge in [-0.1, -0.05) is 12.1 Å². The summed E-state index contributed by atoms with van der Waals surface area (Å²) in [6.07, 6.45) is 7.74. The number of benzene rings is 1. The maximum atomic E-state index is 4.45. The zero-order valence-corrected chi connectivity index (χ0v) is 13.5. The molecule has 0 saturated carbocycles. The standard InChI is InChI=1S/C19H24N4/c1-3-14-15(17-11-20-9-7-19(17)12-21-13-19)5-6-16(14)18(4-1)23-10-2-8-22-23/h1-4,8,10,15,17,20-21H,5-7,9,11-13H2/t15-,17+/m0/s1. The molecule has 1 aromatic carbocycles. The molecular weight excluding hydrogens is 284 g/mol. The van der Waals surface area contributed by atoms with Crippen LogP contribution in [0.15, 0.2) is 36.7 Å². The van der Waals surface area contributed by atoms with Gasteiger partial charge in [0, 0.05) is 30.9 Å². The number of rotatable bonds is 2. The number of hydrogen-bond acceptors (Lipinski definition) is 3. The first kappa shape index (κ1) is 13.8. The van der Waals surface area contributed by atoms with Gasteiger partial charge < -0.3 is 10.6 Å². The Morgan fingerprint density at radius 2 is 2.13 bits per heavy atom. The SMILES string of the molecule is c1cc2c(c(-n3cccn3)c1)CC[C@@H]2[C@H]1CNCCC12CNC2. The van der Waals surface area contributed by atoms with Gasteiger partial charge in [-0.15, -0.1) is 0 Å². The van der Waals surface area contributed by atoms with E-state index < -0.39 is 0 Å². The van der Waals surface area contributed by atoms with Crippen molar-refractivity contribution in [2.24, 2.45) is 11.3 Å². The summed E-state index contributed by atoms with van der Waals surface area (Å²) in [5, 5.41) is 11.7. The lowest BCUT2D eigenvalue weighted by atomic mass is 9.61. The quantitative estimate of drug-likeness (QED) is 0.893. The molecule has 2 atom stereocenters. The molecule has 1 spiro atoms. The van der Waals surface area contributed by atoms with Crippen molar-refractivity contribution >= 4 is 0 Å². The lowest BCUT2D eigenvalue weighted by molar-refractivity contribution is 0.0272. The molecule has 0 bridgehead atoms. The normalized spacial score (nSPS) is 28.5. The molecule has 3 heterocycles. The Balaban J connectivity index is 1.53. The summed E-state index contributed by atoms with van der Waals surface area (Å²) in [6.45, 7) is 4.79. The smallest absolute Gasteiger partial charge is 0.0680 e. The Kier molecular flexibility index (Phi) is 3.10. The molecule has 5 rings (SSSR count). The number of piperidine rings is 1. The van der Waals surface area contributed by atoms with E-state index in [2.05, 4.69) is 40.1 Å². The molecule has 3 aliphatic rings. The Hall–Kier alpha value is -1.65. The van der Waals surface area contributed by atoms with Gasteiger partial charge in [-0.05, 0) is 67.4 Å². The summed E-state index contributed by atoms with van der Waals surface area (Å²) in [6, 6.07) is 8.81. The topological polar surface area (TPSA) is 41.9 Å². The highest BCUT2D eigenvalue weighted by Gasteiger charge is 2.49. The fraction of sp³-hybridized carbons (Fsp3) is 0.526. The van der Waals surface area contributed by atoms with Crippen LogP contribution in [0.3, 0.4) is 0 Å². The second-order valence-corrected chi connectivity index (χ2v) is 7.47. The Morgan fingerprint density at radius 1 is 1.17 bits per heavy atom. The largest absolute Gasteiger partial charge is 0.316 e. The number of nitrogens with zero attached hydrogens (tertiary/aromatic N) is 2. The van der Waals surface area contributed by atoms with Crippen LogP contribution in [0.5, 0.6) is 0 Å². The highest BCUT2D eigenvalue weighted by molar-refractivity contribution is 5.50. The Morgan fingerprint density at radius 3 is 2.91 bits per heavy atom. The van der Waals surface area contributed by atoms with Gasteiger partial charge in [-0.3, -0.25) is 0 Å². The summed E-state index contributed by atoms with van der Waals surface area (Å²) in [4.78, 5) is 0. The first-order chi connectivity index (χ1) is 11.4. The van der Waals surface area contributed by atoms with Crippen LogP contribution in [0.2, 0.25) is 0 Å².